The first kappa shape index (κ1) is 41.6. The van der Waals surface area contributed by atoms with Gasteiger partial charge in [-0.1, -0.05) is 62.2 Å². The minimum atomic E-state index is -4.36. The number of aromatic nitrogens is 2. The molecule has 0 fully saturated rings. The molecular weight excluding hydrogens is 726 g/mol. The Hall–Kier alpha value is -3.81. The summed E-state index contributed by atoms with van der Waals surface area (Å²) in [5, 5.41) is 29.6. The molecule has 1 aromatic heterocycles. The molecular formula is C34H35Cl2N8NaO5S. The van der Waals surface area contributed by atoms with Gasteiger partial charge < -0.3 is 20.1 Å². The van der Waals surface area contributed by atoms with E-state index < -0.39 is 21.3 Å². The van der Waals surface area contributed by atoms with Crippen LogP contribution in [0.15, 0.2) is 70.9 Å². The molecule has 13 nitrogen and oxygen atoms in total. The molecule has 2 N–H and O–H groups in total. The third-order valence-electron chi connectivity index (χ3n) is 7.32. The number of rotatable bonds is 12. The summed E-state index contributed by atoms with van der Waals surface area (Å²) in [4.78, 5) is 26.8. The molecule has 3 aromatic carbocycles. The zero-order valence-corrected chi connectivity index (χ0v) is 33.3. The number of carbonyl (C=O) groups excluding carboxylic acids is 2. The molecule has 0 saturated carbocycles. The van der Waals surface area contributed by atoms with Gasteiger partial charge in [0, 0.05) is 48.1 Å². The van der Waals surface area contributed by atoms with E-state index in [4.69, 9.17) is 28.3 Å². The third-order valence-corrected chi connectivity index (χ3v) is 8.68. The van der Waals surface area contributed by atoms with Crippen LogP contribution in [0.1, 0.15) is 62.7 Å². The number of nitrogens with zero attached hydrogens (tertiary/aromatic N) is 6. The normalized spacial score (nSPS) is 11.5. The molecule has 0 saturated heterocycles. The number of benzene rings is 3. The predicted molar refractivity (Wildman–Crippen MR) is 193 cm³/mol. The van der Waals surface area contributed by atoms with Crippen molar-refractivity contribution in [3.05, 3.63) is 87.5 Å². The average Bonchev–Trinajstić information content (AvgIpc) is 3.40. The average molecular weight is 762 g/mol. The van der Waals surface area contributed by atoms with Crippen molar-refractivity contribution in [1.29, 1.82) is 5.26 Å². The Balaban J connectivity index is 0.00000702. The fourth-order valence-electron chi connectivity index (χ4n) is 5.02. The molecule has 0 aliphatic rings. The summed E-state index contributed by atoms with van der Waals surface area (Å²) in [6.45, 7) is 9.63. The van der Waals surface area contributed by atoms with Gasteiger partial charge in [0.05, 0.1) is 31.5 Å². The molecule has 0 unspecified atom stereocenters. The number of anilines is 3. The van der Waals surface area contributed by atoms with Crippen molar-refractivity contribution < 1.29 is 52.1 Å². The van der Waals surface area contributed by atoms with Crippen LogP contribution in [-0.4, -0.2) is 53.4 Å². The van der Waals surface area contributed by atoms with Crippen molar-refractivity contribution in [3.8, 4) is 11.8 Å². The van der Waals surface area contributed by atoms with E-state index in [9.17, 15) is 27.8 Å². The molecule has 1 heterocycles. The summed E-state index contributed by atoms with van der Waals surface area (Å²) in [6, 6.07) is 18.8. The summed E-state index contributed by atoms with van der Waals surface area (Å²) in [6.07, 6.45) is 0.124. The molecule has 262 valence electrons. The first-order valence-corrected chi connectivity index (χ1v) is 17.8. The molecule has 4 aromatic rings. The van der Waals surface area contributed by atoms with E-state index in [0.717, 1.165) is 0 Å². The van der Waals surface area contributed by atoms with Crippen LogP contribution in [0.2, 0.25) is 10.0 Å². The van der Waals surface area contributed by atoms with Crippen LogP contribution in [0.5, 0.6) is 0 Å². The van der Waals surface area contributed by atoms with Crippen LogP contribution in [-0.2, 0) is 20.3 Å². The number of hydrogen-bond acceptors (Lipinski definition) is 10. The second-order valence-electron chi connectivity index (χ2n) is 12.2. The van der Waals surface area contributed by atoms with Crippen molar-refractivity contribution >= 4 is 73.7 Å². The summed E-state index contributed by atoms with van der Waals surface area (Å²) in [5.74, 6) is -1.22. The van der Waals surface area contributed by atoms with Crippen LogP contribution < -0.4 is 45.1 Å². The zero-order chi connectivity index (χ0) is 36.8. The first-order chi connectivity index (χ1) is 23.5. The van der Waals surface area contributed by atoms with Crippen LogP contribution in [0, 0.1) is 11.3 Å². The van der Waals surface area contributed by atoms with Crippen LogP contribution in [0.3, 0.4) is 0 Å². The van der Waals surface area contributed by atoms with Crippen LogP contribution in [0.25, 0.3) is 5.69 Å². The fourth-order valence-corrected chi connectivity index (χ4v) is 6.15. The largest absolute Gasteiger partial charge is 1.00 e. The van der Waals surface area contributed by atoms with Gasteiger partial charge in [-0.2, -0.15) is 10.4 Å². The molecule has 0 spiro atoms. The SMILES string of the molecule is CCN(CCCS(=O)(=O)[O-])c1ccc(N=Nc2c(C#N)c(C(C)(C)C)nn2-c2c(Cl)cc(NC(=O)c3ccccc3)cc2Cl)c(NC(C)=O)c1.[Na+]. The van der Waals surface area contributed by atoms with Crippen molar-refractivity contribution in [3.63, 3.8) is 0 Å². The first-order valence-electron chi connectivity index (χ1n) is 15.4. The number of nitriles is 1. The molecule has 0 aliphatic heterocycles. The van der Waals surface area contributed by atoms with Gasteiger partial charge >= 0.3 is 29.6 Å². The molecule has 0 bridgehead atoms. The molecule has 51 heavy (non-hydrogen) atoms. The molecule has 2 amide bonds. The van der Waals surface area contributed by atoms with Crippen molar-refractivity contribution in [2.45, 2.75) is 46.5 Å². The van der Waals surface area contributed by atoms with E-state index >= 15 is 0 Å². The number of amides is 2. The number of carbonyl (C=O) groups is 2. The maximum atomic E-state index is 12.8. The van der Waals surface area contributed by atoms with Crippen molar-refractivity contribution in [2.24, 2.45) is 10.2 Å². The Kier molecular flexibility index (Phi) is 14.4. The summed E-state index contributed by atoms with van der Waals surface area (Å²) in [7, 11) is -4.36. The smallest absolute Gasteiger partial charge is 0.748 e. The molecule has 17 heteroatoms. The maximum absolute atomic E-state index is 12.8. The van der Waals surface area contributed by atoms with Gasteiger partial charge in [-0.3, -0.25) is 9.59 Å². The predicted octanol–water partition coefficient (Wildman–Crippen LogP) is 4.74. The third kappa shape index (κ3) is 10.8. The van der Waals surface area contributed by atoms with Crippen molar-refractivity contribution in [1.82, 2.24) is 9.78 Å². The van der Waals surface area contributed by atoms with E-state index in [1.165, 1.54) is 23.7 Å². The maximum Gasteiger partial charge on any atom is 1.00 e. The molecule has 0 radical (unpaired) electrons. The Bertz CT molecular complexity index is 2070. The molecule has 0 atom stereocenters. The van der Waals surface area contributed by atoms with Gasteiger partial charge in [-0.25, -0.2) is 13.1 Å². The van der Waals surface area contributed by atoms with Gasteiger partial charge in [0.1, 0.15) is 23.0 Å². The Morgan fingerprint density at radius 3 is 2.24 bits per heavy atom. The van der Waals surface area contributed by atoms with Gasteiger partial charge in [-0.05, 0) is 55.8 Å². The molecule has 0 aliphatic carbocycles. The fraction of sp³-hybridized carbons (Fsp3) is 0.294. The van der Waals surface area contributed by atoms with E-state index in [1.807, 2.05) is 32.6 Å². The van der Waals surface area contributed by atoms with Gasteiger partial charge in [0.2, 0.25) is 5.91 Å². The van der Waals surface area contributed by atoms with Gasteiger partial charge in [0.15, 0.2) is 5.82 Å². The van der Waals surface area contributed by atoms with Crippen LogP contribution in [0.4, 0.5) is 28.6 Å². The summed E-state index contributed by atoms with van der Waals surface area (Å²) in [5.41, 5.74) is 2.07. The number of nitrogens with one attached hydrogen (secondary N) is 2. The number of azo groups is 1. The molecule has 4 rings (SSSR count). The van der Waals surface area contributed by atoms with Crippen LogP contribution >= 0.6 is 23.2 Å². The number of hydrogen-bond donors (Lipinski definition) is 2. The van der Waals surface area contributed by atoms with Gasteiger partial charge in [0.25, 0.3) is 5.91 Å². The van der Waals surface area contributed by atoms with E-state index in [1.54, 1.807) is 48.5 Å². The number of halogens is 2. The Labute approximate surface area is 329 Å². The Morgan fingerprint density at radius 1 is 1.04 bits per heavy atom. The zero-order valence-electron chi connectivity index (χ0n) is 29.0. The van der Waals surface area contributed by atoms with Gasteiger partial charge in [-0.15, -0.1) is 10.2 Å². The second-order valence-corrected chi connectivity index (χ2v) is 14.5. The second kappa shape index (κ2) is 17.6. The summed E-state index contributed by atoms with van der Waals surface area (Å²) >= 11 is 13.5. The topological polar surface area (TPSA) is 185 Å². The quantitative estimate of drug-likeness (QED) is 0.118. The standard InChI is InChI=1S/C34H36Cl2N8O5S.Na/c1-6-43(15-10-16-50(47,48)49)24-13-14-28(29(19-24)38-21(2)45)40-41-32-25(20-37)31(34(3,4)5)42-44(32)30-26(35)17-23(18-27(30)36)39-33(46)22-11-8-7-9-12-22;/h7-9,11-14,17-19H,6,10,15-16H2,1-5H3,(H,38,45)(H,39,46)(H,47,48,49);/q;+1/p-1. The summed E-state index contributed by atoms with van der Waals surface area (Å²) < 4.78 is 34.6. The minimum absolute atomic E-state index is 0. The Morgan fingerprint density at radius 2 is 1.69 bits per heavy atom. The monoisotopic (exact) mass is 760 g/mol. The van der Waals surface area contributed by atoms with Crippen molar-refractivity contribution in [2.75, 3.05) is 34.4 Å². The van der Waals surface area contributed by atoms with E-state index in [0.29, 0.717) is 34.9 Å². The van der Waals surface area contributed by atoms with E-state index in [2.05, 4.69) is 26.9 Å². The minimum Gasteiger partial charge on any atom is -0.748 e. The van der Waals surface area contributed by atoms with E-state index in [-0.39, 0.29) is 87.1 Å².